The van der Waals surface area contributed by atoms with Gasteiger partial charge in [0.2, 0.25) is 5.91 Å². The molecule has 0 unspecified atom stereocenters. The predicted molar refractivity (Wildman–Crippen MR) is 81.2 cm³/mol. The van der Waals surface area contributed by atoms with E-state index in [4.69, 9.17) is 0 Å². The Balaban J connectivity index is 2.06. The molecule has 0 saturated carbocycles. The number of hydrogen-bond donors (Lipinski definition) is 3. The zero-order chi connectivity index (χ0) is 17.1. The van der Waals surface area contributed by atoms with Gasteiger partial charge in [0.05, 0.1) is 16.8 Å². The summed E-state index contributed by atoms with van der Waals surface area (Å²) >= 11 is 0. The van der Waals surface area contributed by atoms with Crippen LogP contribution in [0.2, 0.25) is 0 Å². The van der Waals surface area contributed by atoms with E-state index in [1.807, 2.05) is 0 Å². The number of amides is 1. The van der Waals surface area contributed by atoms with Crippen molar-refractivity contribution in [1.82, 2.24) is 25.1 Å². The lowest BCUT2D eigenvalue weighted by Crippen LogP contribution is -2.32. The average molecular weight is 319 g/mol. The standard InChI is InChI=1S/C14H17N5O4/c1-7-12(9(3)20)8(2)19(18-7)6-11(21)15-4-10-5-16-14(23)17-13(10)22/h5H,4,6H2,1-3H3,(H,15,21)(H2,16,17,22,23). The van der Waals surface area contributed by atoms with Crippen molar-refractivity contribution in [2.75, 3.05) is 0 Å². The third kappa shape index (κ3) is 3.62. The summed E-state index contributed by atoms with van der Waals surface area (Å²) in [5.74, 6) is -0.470. The Bertz CT molecular complexity index is 874. The van der Waals surface area contributed by atoms with E-state index in [1.165, 1.54) is 17.8 Å². The van der Waals surface area contributed by atoms with Crippen LogP contribution in [-0.2, 0) is 17.9 Å². The van der Waals surface area contributed by atoms with Gasteiger partial charge in [0.15, 0.2) is 5.78 Å². The summed E-state index contributed by atoms with van der Waals surface area (Å²) in [7, 11) is 0. The summed E-state index contributed by atoms with van der Waals surface area (Å²) in [6, 6.07) is 0. The number of carbonyl (C=O) groups excluding carboxylic acids is 2. The van der Waals surface area contributed by atoms with Crippen LogP contribution in [-0.4, -0.2) is 31.4 Å². The number of nitrogens with one attached hydrogen (secondary N) is 3. The van der Waals surface area contributed by atoms with Crippen molar-refractivity contribution in [1.29, 1.82) is 0 Å². The maximum atomic E-state index is 12.0. The Morgan fingerprint density at radius 2 is 2.00 bits per heavy atom. The summed E-state index contributed by atoms with van der Waals surface area (Å²) in [5.41, 5.74) is 0.765. The molecule has 0 aliphatic heterocycles. The molecule has 0 radical (unpaired) electrons. The maximum Gasteiger partial charge on any atom is 0.325 e. The van der Waals surface area contributed by atoms with Gasteiger partial charge in [-0.15, -0.1) is 0 Å². The normalized spacial score (nSPS) is 10.6. The van der Waals surface area contributed by atoms with Gasteiger partial charge in [0.25, 0.3) is 5.56 Å². The number of aromatic amines is 2. The second kappa shape index (κ2) is 6.42. The summed E-state index contributed by atoms with van der Waals surface area (Å²) in [6.45, 7) is 4.78. The summed E-state index contributed by atoms with van der Waals surface area (Å²) in [4.78, 5) is 50.3. The van der Waals surface area contributed by atoms with Crippen molar-refractivity contribution in [2.24, 2.45) is 0 Å². The van der Waals surface area contributed by atoms with Gasteiger partial charge < -0.3 is 10.3 Å². The molecule has 1 amide bonds. The number of hydrogen-bond acceptors (Lipinski definition) is 5. The van der Waals surface area contributed by atoms with Crippen LogP contribution < -0.4 is 16.6 Å². The van der Waals surface area contributed by atoms with Crippen LogP contribution in [0.25, 0.3) is 0 Å². The van der Waals surface area contributed by atoms with Gasteiger partial charge in [0.1, 0.15) is 6.54 Å². The molecule has 0 bridgehead atoms. The Morgan fingerprint density at radius 1 is 1.30 bits per heavy atom. The number of Topliss-reactive ketones (excluding diaryl/α,β-unsaturated/α-hetero) is 1. The number of aromatic nitrogens is 4. The maximum absolute atomic E-state index is 12.0. The Morgan fingerprint density at radius 3 is 2.57 bits per heavy atom. The van der Waals surface area contributed by atoms with Crippen molar-refractivity contribution in [2.45, 2.75) is 33.9 Å². The second-order valence-electron chi connectivity index (χ2n) is 5.13. The molecule has 2 rings (SSSR count). The molecule has 2 aromatic rings. The number of carbonyl (C=O) groups is 2. The minimum Gasteiger partial charge on any atom is -0.350 e. The quantitative estimate of drug-likeness (QED) is 0.633. The molecule has 122 valence electrons. The van der Waals surface area contributed by atoms with Crippen molar-refractivity contribution >= 4 is 11.7 Å². The fourth-order valence-electron chi connectivity index (χ4n) is 2.32. The van der Waals surface area contributed by atoms with E-state index in [9.17, 15) is 19.2 Å². The molecule has 0 aliphatic rings. The van der Waals surface area contributed by atoms with Gasteiger partial charge in [-0.1, -0.05) is 0 Å². The molecule has 9 heteroatoms. The Hall–Kier alpha value is -2.97. The second-order valence-corrected chi connectivity index (χ2v) is 5.13. The molecule has 2 aromatic heterocycles. The monoisotopic (exact) mass is 319 g/mol. The smallest absolute Gasteiger partial charge is 0.325 e. The molecule has 3 N–H and O–H groups in total. The zero-order valence-electron chi connectivity index (χ0n) is 13.0. The molecular formula is C14H17N5O4. The number of aryl methyl sites for hydroxylation is 1. The molecule has 0 aliphatic carbocycles. The van der Waals surface area contributed by atoms with Gasteiger partial charge in [-0.3, -0.25) is 24.0 Å². The first-order valence-corrected chi connectivity index (χ1v) is 6.92. The van der Waals surface area contributed by atoms with Gasteiger partial charge in [-0.05, 0) is 20.8 Å². The third-order valence-corrected chi connectivity index (χ3v) is 3.40. The zero-order valence-corrected chi connectivity index (χ0v) is 13.0. The van der Waals surface area contributed by atoms with Crippen LogP contribution in [0.3, 0.4) is 0 Å². The highest BCUT2D eigenvalue weighted by Gasteiger charge is 2.16. The highest BCUT2D eigenvalue weighted by molar-refractivity contribution is 5.96. The summed E-state index contributed by atoms with van der Waals surface area (Å²) < 4.78 is 1.44. The lowest BCUT2D eigenvalue weighted by atomic mass is 10.1. The van der Waals surface area contributed by atoms with Crippen LogP contribution >= 0.6 is 0 Å². The fourth-order valence-corrected chi connectivity index (χ4v) is 2.32. The van der Waals surface area contributed by atoms with Gasteiger partial charge >= 0.3 is 5.69 Å². The lowest BCUT2D eigenvalue weighted by molar-refractivity contribution is -0.122. The molecule has 23 heavy (non-hydrogen) atoms. The van der Waals surface area contributed by atoms with E-state index >= 15 is 0 Å². The number of ketones is 1. The van der Waals surface area contributed by atoms with Gasteiger partial charge in [-0.2, -0.15) is 5.10 Å². The van der Waals surface area contributed by atoms with Crippen LogP contribution in [0, 0.1) is 13.8 Å². The molecule has 0 saturated heterocycles. The molecule has 0 fully saturated rings. The number of rotatable bonds is 5. The minimum absolute atomic E-state index is 0.0240. The van der Waals surface area contributed by atoms with Crippen molar-refractivity contribution in [3.05, 3.63) is 49.5 Å². The van der Waals surface area contributed by atoms with Gasteiger partial charge in [-0.25, -0.2) is 4.79 Å². The van der Waals surface area contributed by atoms with Crippen LogP contribution in [0.1, 0.15) is 34.2 Å². The van der Waals surface area contributed by atoms with E-state index < -0.39 is 11.2 Å². The number of nitrogens with zero attached hydrogens (tertiary/aromatic N) is 2. The van der Waals surface area contributed by atoms with Gasteiger partial charge in [0, 0.05) is 18.4 Å². The van der Waals surface area contributed by atoms with Crippen molar-refractivity contribution in [3.63, 3.8) is 0 Å². The van der Waals surface area contributed by atoms with E-state index in [2.05, 4.69) is 20.4 Å². The lowest BCUT2D eigenvalue weighted by Gasteiger charge is -2.06. The fraction of sp³-hybridized carbons (Fsp3) is 0.357. The van der Waals surface area contributed by atoms with E-state index in [1.54, 1.807) is 13.8 Å². The highest BCUT2D eigenvalue weighted by atomic mass is 16.2. The average Bonchev–Trinajstić information content (AvgIpc) is 2.72. The molecular weight excluding hydrogens is 302 g/mol. The van der Waals surface area contributed by atoms with Crippen LogP contribution in [0.15, 0.2) is 15.8 Å². The van der Waals surface area contributed by atoms with E-state index in [0.29, 0.717) is 17.0 Å². The summed E-state index contributed by atoms with van der Waals surface area (Å²) in [5, 5.41) is 6.74. The predicted octanol–water partition coefficient (Wildman–Crippen LogP) is -0.604. The Kier molecular flexibility index (Phi) is 4.58. The largest absolute Gasteiger partial charge is 0.350 e. The molecule has 0 aromatic carbocycles. The Labute approximate surface area is 130 Å². The highest BCUT2D eigenvalue weighted by Crippen LogP contribution is 2.13. The SMILES string of the molecule is CC(=O)c1c(C)nn(CC(=O)NCc2c[nH]c(=O)[nH]c2=O)c1C. The molecule has 2 heterocycles. The van der Waals surface area contributed by atoms with Crippen LogP contribution in [0.4, 0.5) is 0 Å². The van der Waals surface area contributed by atoms with Crippen LogP contribution in [0.5, 0.6) is 0 Å². The van der Waals surface area contributed by atoms with E-state index in [0.717, 1.165) is 0 Å². The third-order valence-electron chi connectivity index (χ3n) is 3.40. The minimum atomic E-state index is -0.607. The first-order chi connectivity index (χ1) is 10.8. The van der Waals surface area contributed by atoms with E-state index in [-0.39, 0.29) is 30.3 Å². The summed E-state index contributed by atoms with van der Waals surface area (Å²) in [6.07, 6.45) is 1.25. The first-order valence-electron chi connectivity index (χ1n) is 6.92. The molecule has 9 nitrogen and oxygen atoms in total. The topological polar surface area (TPSA) is 130 Å². The molecule has 0 atom stereocenters. The molecule has 0 spiro atoms. The van der Waals surface area contributed by atoms with Crippen molar-refractivity contribution in [3.8, 4) is 0 Å². The number of H-pyrrole nitrogens is 2. The van der Waals surface area contributed by atoms with Crippen molar-refractivity contribution < 1.29 is 9.59 Å². The first kappa shape index (κ1) is 16.4.